The van der Waals surface area contributed by atoms with Crippen molar-refractivity contribution < 1.29 is 19.2 Å². The number of hydrogen-bond acceptors (Lipinski definition) is 6. The summed E-state index contributed by atoms with van der Waals surface area (Å²) in [6.45, 7) is 0. The summed E-state index contributed by atoms with van der Waals surface area (Å²) in [6, 6.07) is 6.25. The number of hydrogen-bond donors (Lipinski definition) is 1. The van der Waals surface area contributed by atoms with Gasteiger partial charge in [0.15, 0.2) is 10.2 Å². The maximum absolute atomic E-state index is 13.0. The monoisotopic (exact) mass is 436 g/mol. The Labute approximate surface area is 175 Å². The number of nitrogens with one attached hydrogen (secondary N) is 1. The van der Waals surface area contributed by atoms with Crippen LogP contribution in [-0.2, 0) is 19.2 Å². The van der Waals surface area contributed by atoms with Gasteiger partial charge in [0.05, 0.1) is 5.69 Å². The fourth-order valence-corrected chi connectivity index (χ4v) is 3.32. The minimum Gasteiger partial charge on any atom is -0.301 e. The second-order valence-corrected chi connectivity index (χ2v) is 7.20. The third-order valence-electron chi connectivity index (χ3n) is 4.26. The Morgan fingerprint density at radius 3 is 2.07 bits per heavy atom. The molecule has 1 atom stereocenters. The van der Waals surface area contributed by atoms with E-state index in [9.17, 15) is 19.2 Å². The molecule has 0 unspecified atom stereocenters. The molecule has 2 fully saturated rings. The minimum absolute atomic E-state index is 0.0236. The van der Waals surface area contributed by atoms with Crippen molar-refractivity contribution in [2.75, 3.05) is 19.0 Å². The first-order chi connectivity index (χ1) is 13.1. The van der Waals surface area contributed by atoms with Crippen LogP contribution in [0.15, 0.2) is 35.9 Å². The summed E-state index contributed by atoms with van der Waals surface area (Å²) in [5, 5.41) is 2.79. The quantitative estimate of drug-likeness (QED) is 0.320. The molecule has 28 heavy (non-hydrogen) atoms. The van der Waals surface area contributed by atoms with Crippen molar-refractivity contribution in [2.24, 2.45) is 5.92 Å². The Kier molecular flexibility index (Phi) is 5.28. The maximum Gasteiger partial charge on any atom is 0.265 e. The van der Waals surface area contributed by atoms with Crippen LogP contribution >= 0.6 is 36.0 Å². The Hall–Kier alpha value is -2.69. The van der Waals surface area contributed by atoms with Crippen LogP contribution in [0.5, 0.6) is 0 Å². The smallest absolute Gasteiger partial charge is 0.265 e. The van der Waals surface area contributed by atoms with Crippen molar-refractivity contribution in [1.82, 2.24) is 15.1 Å². The summed E-state index contributed by atoms with van der Waals surface area (Å²) < 4.78 is 0. The van der Waals surface area contributed by atoms with Gasteiger partial charge in [0.1, 0.15) is 11.5 Å². The zero-order chi connectivity index (χ0) is 20.7. The van der Waals surface area contributed by atoms with Gasteiger partial charge in [-0.25, -0.2) is 0 Å². The molecule has 0 aromatic heterocycles. The number of halogens is 1. The molecule has 1 aromatic rings. The molecule has 3 rings (SSSR count). The molecule has 2 aliphatic rings. The van der Waals surface area contributed by atoms with Gasteiger partial charge in [0.2, 0.25) is 11.8 Å². The highest BCUT2D eigenvalue weighted by Gasteiger charge is 2.42. The first-order valence-corrected chi connectivity index (χ1v) is 9.09. The topological polar surface area (TPSA) is 90.0 Å². The third kappa shape index (κ3) is 3.30. The molecule has 4 amide bonds. The number of carbonyl (C=O) groups is 4. The average molecular weight is 437 g/mol. The van der Waals surface area contributed by atoms with Crippen LogP contribution < -0.4 is 10.2 Å². The molecule has 2 heterocycles. The highest BCUT2D eigenvalue weighted by Crippen LogP contribution is 2.25. The molecular formula is C17H13ClN4O4S2. The van der Waals surface area contributed by atoms with Gasteiger partial charge in [-0.15, -0.1) is 0 Å². The fraction of sp³-hybridized carbons (Fsp3) is 0.176. The molecule has 1 aromatic carbocycles. The fourth-order valence-electron chi connectivity index (χ4n) is 2.73. The lowest BCUT2D eigenvalue weighted by Crippen LogP contribution is -2.58. The van der Waals surface area contributed by atoms with Gasteiger partial charge in [-0.3, -0.25) is 33.9 Å². The molecule has 2 saturated heterocycles. The van der Waals surface area contributed by atoms with E-state index in [-0.39, 0.29) is 15.8 Å². The molecule has 0 aliphatic carbocycles. The van der Waals surface area contributed by atoms with E-state index in [1.54, 1.807) is 24.3 Å². The molecular weight excluding hydrogens is 424 g/mol. The van der Waals surface area contributed by atoms with E-state index < -0.39 is 29.5 Å². The van der Waals surface area contributed by atoms with E-state index in [1.807, 2.05) is 0 Å². The van der Waals surface area contributed by atoms with Crippen LogP contribution in [-0.4, -0.2) is 57.7 Å². The second-order valence-electron chi connectivity index (χ2n) is 6.01. The van der Waals surface area contributed by atoms with Crippen LogP contribution in [0.4, 0.5) is 5.69 Å². The standard InChI is InChI=1S/C17H13ClN4O4S2/c1-20-13(24)11(14(25)21(2)17(20)28)7-10-12(23)19-16(27)22(15(10)26)9-5-3-8(18)4-6-9/h3-7,10H,1-2H3,(H,19,23,27)/t10-/m0/s1. The lowest BCUT2D eigenvalue weighted by Gasteiger charge is -2.34. The summed E-state index contributed by atoms with van der Waals surface area (Å²) in [5.41, 5.74) is 0.0653. The SMILES string of the molecule is CN1C(=O)C(=C[C@H]2C(=O)NC(=S)N(c3ccc(Cl)cc3)C2=O)C(=O)N(C)C1=S. The Balaban J connectivity index is 2.01. The number of benzene rings is 1. The predicted molar refractivity (Wildman–Crippen MR) is 109 cm³/mol. The summed E-state index contributed by atoms with van der Waals surface area (Å²) >= 11 is 16.0. The Morgan fingerprint density at radius 2 is 1.54 bits per heavy atom. The minimum atomic E-state index is -1.42. The second kappa shape index (κ2) is 7.38. The Morgan fingerprint density at radius 1 is 1.00 bits per heavy atom. The van der Waals surface area contributed by atoms with Crippen molar-refractivity contribution in [1.29, 1.82) is 0 Å². The van der Waals surface area contributed by atoms with Crippen molar-refractivity contribution in [3.8, 4) is 0 Å². The number of carbonyl (C=O) groups excluding carboxylic acids is 4. The van der Waals surface area contributed by atoms with E-state index in [2.05, 4.69) is 5.32 Å². The maximum atomic E-state index is 13.0. The summed E-state index contributed by atoms with van der Waals surface area (Å²) in [4.78, 5) is 53.6. The summed E-state index contributed by atoms with van der Waals surface area (Å²) in [7, 11) is 2.80. The van der Waals surface area contributed by atoms with Crippen LogP contribution in [0.1, 0.15) is 0 Å². The normalized spacial score (nSPS) is 20.8. The van der Waals surface area contributed by atoms with E-state index in [0.29, 0.717) is 10.7 Å². The van der Waals surface area contributed by atoms with Gasteiger partial charge in [0.25, 0.3) is 11.8 Å². The van der Waals surface area contributed by atoms with Crippen molar-refractivity contribution in [2.45, 2.75) is 0 Å². The number of rotatable bonds is 2. The molecule has 0 spiro atoms. The summed E-state index contributed by atoms with van der Waals surface area (Å²) in [6.07, 6.45) is 1.04. The van der Waals surface area contributed by atoms with Gasteiger partial charge in [-0.05, 0) is 54.8 Å². The van der Waals surface area contributed by atoms with Crippen molar-refractivity contribution in [3.05, 3.63) is 40.9 Å². The van der Waals surface area contributed by atoms with Gasteiger partial charge >= 0.3 is 0 Å². The lowest BCUT2D eigenvalue weighted by molar-refractivity contribution is -0.132. The molecule has 0 radical (unpaired) electrons. The zero-order valence-electron chi connectivity index (χ0n) is 14.6. The third-order valence-corrected chi connectivity index (χ3v) is 5.35. The number of nitrogens with zero attached hydrogens (tertiary/aromatic N) is 3. The first kappa shape index (κ1) is 20.1. The van der Waals surface area contributed by atoms with E-state index in [0.717, 1.165) is 20.8 Å². The van der Waals surface area contributed by atoms with Gasteiger partial charge < -0.3 is 5.32 Å². The zero-order valence-corrected chi connectivity index (χ0v) is 17.0. The highest BCUT2D eigenvalue weighted by atomic mass is 35.5. The van der Waals surface area contributed by atoms with E-state index in [4.69, 9.17) is 36.0 Å². The van der Waals surface area contributed by atoms with E-state index >= 15 is 0 Å². The number of amides is 4. The largest absolute Gasteiger partial charge is 0.301 e. The van der Waals surface area contributed by atoms with Crippen LogP contribution in [0, 0.1) is 5.92 Å². The average Bonchev–Trinajstić information content (AvgIpc) is 2.65. The van der Waals surface area contributed by atoms with Gasteiger partial charge in [-0.2, -0.15) is 0 Å². The molecule has 2 aliphatic heterocycles. The van der Waals surface area contributed by atoms with Crippen molar-refractivity contribution >= 4 is 75.6 Å². The lowest BCUT2D eigenvalue weighted by atomic mass is 9.98. The highest BCUT2D eigenvalue weighted by molar-refractivity contribution is 7.80. The molecule has 0 saturated carbocycles. The number of thiocarbonyl (C=S) groups is 2. The van der Waals surface area contributed by atoms with E-state index in [1.165, 1.54) is 14.1 Å². The van der Waals surface area contributed by atoms with Crippen LogP contribution in [0.3, 0.4) is 0 Å². The first-order valence-electron chi connectivity index (χ1n) is 7.89. The van der Waals surface area contributed by atoms with Crippen LogP contribution in [0.2, 0.25) is 5.02 Å². The van der Waals surface area contributed by atoms with Gasteiger partial charge in [-0.1, -0.05) is 11.6 Å². The molecule has 11 heteroatoms. The molecule has 0 bridgehead atoms. The number of likely N-dealkylation sites (N-methyl/N-ethyl adjacent to an activating group) is 2. The molecule has 144 valence electrons. The molecule has 1 N–H and O–H groups in total. The van der Waals surface area contributed by atoms with Crippen LogP contribution in [0.25, 0.3) is 0 Å². The van der Waals surface area contributed by atoms with Crippen molar-refractivity contribution in [3.63, 3.8) is 0 Å². The Bertz CT molecular complexity index is 950. The predicted octanol–water partition coefficient (Wildman–Crippen LogP) is 0.846. The number of anilines is 1. The summed E-state index contributed by atoms with van der Waals surface area (Å²) in [5.74, 6) is -4.23. The van der Waals surface area contributed by atoms with Gasteiger partial charge in [0, 0.05) is 19.1 Å². The molecule has 8 nitrogen and oxygen atoms in total.